The lowest BCUT2D eigenvalue weighted by atomic mass is 10.1. The fraction of sp³-hybridized carbons (Fsp3) is 0.615. The van der Waals surface area contributed by atoms with E-state index in [-0.39, 0.29) is 18.0 Å². The zero-order valence-corrected chi connectivity index (χ0v) is 12.1. The molecule has 110 valence electrons. The summed E-state index contributed by atoms with van der Waals surface area (Å²) < 4.78 is 0. The van der Waals surface area contributed by atoms with Gasteiger partial charge in [-0.05, 0) is 20.8 Å². The van der Waals surface area contributed by atoms with Crippen LogP contribution in [-0.2, 0) is 4.79 Å². The van der Waals surface area contributed by atoms with Gasteiger partial charge in [-0.2, -0.15) is 5.10 Å². The van der Waals surface area contributed by atoms with Gasteiger partial charge in [0.1, 0.15) is 0 Å². The molecule has 0 unspecified atom stereocenters. The van der Waals surface area contributed by atoms with E-state index in [2.05, 4.69) is 20.8 Å². The van der Waals surface area contributed by atoms with Gasteiger partial charge in [-0.15, -0.1) is 0 Å². The van der Waals surface area contributed by atoms with Crippen molar-refractivity contribution >= 4 is 11.9 Å². The van der Waals surface area contributed by atoms with Crippen molar-refractivity contribution < 1.29 is 9.59 Å². The third-order valence-corrected chi connectivity index (χ3v) is 3.56. The molecule has 2 heterocycles. The van der Waals surface area contributed by atoms with Gasteiger partial charge in [0.05, 0.1) is 11.7 Å². The van der Waals surface area contributed by atoms with Gasteiger partial charge < -0.3 is 15.5 Å². The van der Waals surface area contributed by atoms with Crippen molar-refractivity contribution in [3.8, 4) is 0 Å². The molecule has 7 heteroatoms. The normalized spacial score (nSPS) is 17.4. The molecule has 20 heavy (non-hydrogen) atoms. The Kier molecular flexibility index (Phi) is 4.26. The number of H-pyrrole nitrogens is 1. The van der Waals surface area contributed by atoms with E-state index in [1.165, 1.54) is 0 Å². The minimum absolute atomic E-state index is 0.00475. The average Bonchev–Trinajstić information content (AvgIpc) is 2.60. The second kappa shape index (κ2) is 5.94. The first kappa shape index (κ1) is 14.4. The van der Waals surface area contributed by atoms with Crippen molar-refractivity contribution in [2.45, 2.75) is 33.2 Å². The van der Waals surface area contributed by atoms with Crippen LogP contribution in [0.5, 0.6) is 0 Å². The van der Waals surface area contributed by atoms with Crippen LogP contribution in [0.25, 0.3) is 0 Å². The molecule has 1 aliphatic heterocycles. The summed E-state index contributed by atoms with van der Waals surface area (Å²) in [6.07, 6.45) is 0.353. The largest absolute Gasteiger partial charge is 0.354 e. The number of aryl methyl sites for hydroxylation is 2. The van der Waals surface area contributed by atoms with Crippen molar-refractivity contribution in [3.05, 3.63) is 17.0 Å². The van der Waals surface area contributed by atoms with Crippen LogP contribution in [0.1, 0.15) is 36.3 Å². The summed E-state index contributed by atoms with van der Waals surface area (Å²) in [7, 11) is 0. The monoisotopic (exact) mass is 279 g/mol. The van der Waals surface area contributed by atoms with E-state index >= 15 is 0 Å². The van der Waals surface area contributed by atoms with E-state index in [4.69, 9.17) is 0 Å². The summed E-state index contributed by atoms with van der Waals surface area (Å²) in [6, 6.07) is -0.262. The first-order valence-electron chi connectivity index (χ1n) is 6.82. The topological polar surface area (TPSA) is 90.1 Å². The van der Waals surface area contributed by atoms with E-state index in [0.29, 0.717) is 26.1 Å². The fourth-order valence-electron chi connectivity index (χ4n) is 2.52. The standard InChI is InChI=1S/C13H21N5O2/c1-8(12-9(2)16-17-10(12)3)15-13(20)18-6-4-11(19)14-5-7-18/h8H,4-7H2,1-3H3,(H,14,19)(H,15,20)(H,16,17)/t8-/m1/s1. The molecule has 1 aromatic heterocycles. The number of nitrogens with one attached hydrogen (secondary N) is 3. The van der Waals surface area contributed by atoms with Crippen LogP contribution in [0.3, 0.4) is 0 Å². The van der Waals surface area contributed by atoms with E-state index in [9.17, 15) is 9.59 Å². The van der Waals surface area contributed by atoms with Gasteiger partial charge in [-0.3, -0.25) is 9.89 Å². The molecule has 3 amide bonds. The molecule has 2 rings (SSSR count). The number of nitrogens with zero attached hydrogens (tertiary/aromatic N) is 2. The zero-order chi connectivity index (χ0) is 14.7. The van der Waals surface area contributed by atoms with Crippen molar-refractivity contribution in [1.29, 1.82) is 0 Å². The minimum atomic E-state index is -0.144. The van der Waals surface area contributed by atoms with E-state index in [0.717, 1.165) is 17.0 Å². The summed E-state index contributed by atoms with van der Waals surface area (Å²) in [6.45, 7) is 7.28. The first-order valence-corrected chi connectivity index (χ1v) is 6.82. The van der Waals surface area contributed by atoms with Gasteiger partial charge in [-0.25, -0.2) is 4.79 Å². The number of carbonyl (C=O) groups is 2. The SMILES string of the molecule is Cc1n[nH]c(C)c1[C@@H](C)NC(=O)N1CCNC(=O)CC1. The van der Waals surface area contributed by atoms with Gasteiger partial charge >= 0.3 is 6.03 Å². The average molecular weight is 279 g/mol. The Bertz CT molecular complexity index is 491. The Labute approximate surface area is 118 Å². The van der Waals surface area contributed by atoms with Gasteiger partial charge in [0.25, 0.3) is 0 Å². The highest BCUT2D eigenvalue weighted by Crippen LogP contribution is 2.19. The Hall–Kier alpha value is -2.05. The van der Waals surface area contributed by atoms with Crippen LogP contribution in [0, 0.1) is 13.8 Å². The second-order valence-electron chi connectivity index (χ2n) is 5.11. The molecule has 0 aromatic carbocycles. The van der Waals surface area contributed by atoms with Crippen molar-refractivity contribution in [2.75, 3.05) is 19.6 Å². The number of aromatic amines is 1. The highest BCUT2D eigenvalue weighted by Gasteiger charge is 2.22. The van der Waals surface area contributed by atoms with Crippen LogP contribution < -0.4 is 10.6 Å². The smallest absolute Gasteiger partial charge is 0.317 e. The Morgan fingerprint density at radius 1 is 1.40 bits per heavy atom. The predicted octanol–water partition coefficient (Wildman–Crippen LogP) is 0.619. The number of hydrogen-bond donors (Lipinski definition) is 3. The third-order valence-electron chi connectivity index (χ3n) is 3.56. The highest BCUT2D eigenvalue weighted by molar-refractivity contribution is 5.79. The zero-order valence-electron chi connectivity index (χ0n) is 12.1. The molecule has 0 saturated carbocycles. The molecule has 0 radical (unpaired) electrons. The van der Waals surface area contributed by atoms with Crippen LogP contribution in [0.2, 0.25) is 0 Å². The molecule has 1 saturated heterocycles. The lowest BCUT2D eigenvalue weighted by Gasteiger charge is -2.23. The predicted molar refractivity (Wildman–Crippen MR) is 74.2 cm³/mol. The Morgan fingerprint density at radius 2 is 2.15 bits per heavy atom. The molecule has 7 nitrogen and oxygen atoms in total. The number of amides is 3. The summed E-state index contributed by atoms with van der Waals surface area (Å²) >= 11 is 0. The molecule has 1 aromatic rings. The summed E-state index contributed by atoms with van der Waals surface area (Å²) in [5.41, 5.74) is 2.87. The molecule has 0 bridgehead atoms. The number of hydrogen-bond acceptors (Lipinski definition) is 3. The van der Waals surface area contributed by atoms with Crippen molar-refractivity contribution in [1.82, 2.24) is 25.7 Å². The molecule has 3 N–H and O–H groups in total. The molecule has 0 aliphatic carbocycles. The maximum absolute atomic E-state index is 12.2. The lowest BCUT2D eigenvalue weighted by molar-refractivity contribution is -0.120. The lowest BCUT2D eigenvalue weighted by Crippen LogP contribution is -2.42. The number of carbonyl (C=O) groups excluding carboxylic acids is 2. The summed E-state index contributed by atoms with van der Waals surface area (Å²) in [4.78, 5) is 25.2. The van der Waals surface area contributed by atoms with Crippen molar-refractivity contribution in [3.63, 3.8) is 0 Å². The molecule has 1 atom stereocenters. The quantitative estimate of drug-likeness (QED) is 0.741. The molecule has 1 aliphatic rings. The Balaban J connectivity index is 1.99. The van der Waals surface area contributed by atoms with E-state index in [1.54, 1.807) is 4.90 Å². The fourth-order valence-corrected chi connectivity index (χ4v) is 2.52. The van der Waals surface area contributed by atoms with Crippen LogP contribution >= 0.6 is 0 Å². The summed E-state index contributed by atoms with van der Waals surface area (Å²) in [5.74, 6) is -0.00475. The van der Waals surface area contributed by atoms with E-state index in [1.807, 2.05) is 20.8 Å². The molecule has 1 fully saturated rings. The highest BCUT2D eigenvalue weighted by atomic mass is 16.2. The van der Waals surface area contributed by atoms with Crippen LogP contribution in [0.15, 0.2) is 0 Å². The minimum Gasteiger partial charge on any atom is -0.354 e. The van der Waals surface area contributed by atoms with Gasteiger partial charge in [0, 0.05) is 37.3 Å². The first-order chi connectivity index (χ1) is 9.49. The molecular weight excluding hydrogens is 258 g/mol. The number of aromatic nitrogens is 2. The Morgan fingerprint density at radius 3 is 2.80 bits per heavy atom. The van der Waals surface area contributed by atoms with Crippen LogP contribution in [0.4, 0.5) is 4.79 Å². The second-order valence-corrected chi connectivity index (χ2v) is 5.11. The summed E-state index contributed by atoms with van der Waals surface area (Å²) in [5, 5.41) is 12.8. The van der Waals surface area contributed by atoms with Gasteiger partial charge in [-0.1, -0.05) is 0 Å². The van der Waals surface area contributed by atoms with Crippen LogP contribution in [-0.4, -0.2) is 46.7 Å². The van der Waals surface area contributed by atoms with Crippen molar-refractivity contribution in [2.24, 2.45) is 0 Å². The maximum Gasteiger partial charge on any atom is 0.317 e. The van der Waals surface area contributed by atoms with Gasteiger partial charge in [0.2, 0.25) is 5.91 Å². The van der Waals surface area contributed by atoms with Gasteiger partial charge in [0.15, 0.2) is 0 Å². The molecule has 0 spiro atoms. The number of urea groups is 1. The maximum atomic E-state index is 12.2. The molecular formula is C13H21N5O2. The number of rotatable bonds is 2. The van der Waals surface area contributed by atoms with E-state index < -0.39 is 0 Å². The third kappa shape index (κ3) is 3.09.